The van der Waals surface area contributed by atoms with Gasteiger partial charge in [-0.3, -0.25) is 0 Å². The van der Waals surface area contributed by atoms with Crippen LogP contribution in [0.3, 0.4) is 0 Å². The lowest BCUT2D eigenvalue weighted by atomic mass is 10.0. The Bertz CT molecular complexity index is 369. The molecule has 76 valence electrons. The first-order valence-corrected chi connectivity index (χ1v) is 5.41. The van der Waals surface area contributed by atoms with Crippen LogP contribution in [0.15, 0.2) is 6.07 Å². The van der Waals surface area contributed by atoms with Crippen molar-refractivity contribution in [3.63, 3.8) is 0 Å². The molecule has 2 heterocycles. The van der Waals surface area contributed by atoms with Crippen LogP contribution in [0.1, 0.15) is 40.1 Å². The molecule has 0 spiro atoms. The van der Waals surface area contributed by atoms with Crippen LogP contribution in [-0.4, -0.2) is 17.2 Å². The quantitative estimate of drug-likeness (QED) is 0.777. The second kappa shape index (κ2) is 3.37. The molecule has 0 radical (unpaired) electrons. The molecule has 0 aromatic carbocycles. The van der Waals surface area contributed by atoms with E-state index >= 15 is 0 Å². The van der Waals surface area contributed by atoms with E-state index in [-0.39, 0.29) is 12.2 Å². The molecular weight excluding hydrogens is 200 g/mol. The van der Waals surface area contributed by atoms with Crippen molar-refractivity contribution in [2.24, 2.45) is 0 Å². The average molecular weight is 212 g/mol. The van der Waals surface area contributed by atoms with Crippen molar-refractivity contribution in [2.45, 2.75) is 32.5 Å². The number of carboxylic acids is 1. The molecule has 1 aromatic heterocycles. The Morgan fingerprint density at radius 1 is 1.64 bits per heavy atom. The molecule has 0 bridgehead atoms. The van der Waals surface area contributed by atoms with Crippen LogP contribution in [0.4, 0.5) is 0 Å². The number of hydrogen-bond acceptors (Lipinski definition) is 3. The lowest BCUT2D eigenvalue weighted by molar-refractivity contribution is -0.00343. The van der Waals surface area contributed by atoms with Gasteiger partial charge in [0.15, 0.2) is 0 Å². The maximum Gasteiger partial charge on any atom is 0.345 e. The highest BCUT2D eigenvalue weighted by Crippen LogP contribution is 2.35. The van der Waals surface area contributed by atoms with Crippen molar-refractivity contribution in [1.82, 2.24) is 0 Å². The SMILES string of the molecule is CC1Cc2sc(C(=O)O)cc2C(C)O1. The van der Waals surface area contributed by atoms with Crippen molar-refractivity contribution in [3.05, 3.63) is 21.4 Å². The zero-order valence-corrected chi connectivity index (χ0v) is 8.93. The van der Waals surface area contributed by atoms with Gasteiger partial charge < -0.3 is 9.84 Å². The van der Waals surface area contributed by atoms with Gasteiger partial charge in [-0.15, -0.1) is 11.3 Å². The number of thiophene rings is 1. The molecule has 4 heteroatoms. The Kier molecular flexibility index (Phi) is 2.33. The predicted octanol–water partition coefficient (Wildman–Crippen LogP) is 2.47. The van der Waals surface area contributed by atoms with Gasteiger partial charge in [0.2, 0.25) is 0 Å². The molecule has 2 atom stereocenters. The fraction of sp³-hybridized carbons (Fsp3) is 0.500. The van der Waals surface area contributed by atoms with Crippen LogP contribution in [-0.2, 0) is 11.2 Å². The van der Waals surface area contributed by atoms with E-state index in [1.807, 2.05) is 13.8 Å². The number of ether oxygens (including phenoxy) is 1. The van der Waals surface area contributed by atoms with Gasteiger partial charge >= 0.3 is 5.97 Å². The summed E-state index contributed by atoms with van der Waals surface area (Å²) in [6.45, 7) is 3.98. The summed E-state index contributed by atoms with van der Waals surface area (Å²) in [5.41, 5.74) is 1.05. The van der Waals surface area contributed by atoms with Crippen LogP contribution in [0.25, 0.3) is 0 Å². The van der Waals surface area contributed by atoms with Gasteiger partial charge in [-0.1, -0.05) is 0 Å². The van der Waals surface area contributed by atoms with Crippen molar-refractivity contribution >= 4 is 17.3 Å². The van der Waals surface area contributed by atoms with E-state index < -0.39 is 5.97 Å². The Balaban J connectivity index is 2.40. The highest BCUT2D eigenvalue weighted by Gasteiger charge is 2.25. The van der Waals surface area contributed by atoms with Gasteiger partial charge in [0.1, 0.15) is 4.88 Å². The molecule has 0 saturated heterocycles. The summed E-state index contributed by atoms with van der Waals surface area (Å²) >= 11 is 1.37. The van der Waals surface area contributed by atoms with Crippen LogP contribution in [0, 0.1) is 0 Å². The van der Waals surface area contributed by atoms with Gasteiger partial charge in [0.05, 0.1) is 12.2 Å². The molecule has 0 aliphatic carbocycles. The predicted molar refractivity (Wildman–Crippen MR) is 53.9 cm³/mol. The topological polar surface area (TPSA) is 46.5 Å². The number of carbonyl (C=O) groups is 1. The fourth-order valence-corrected chi connectivity index (χ4v) is 2.98. The third-order valence-corrected chi connectivity index (χ3v) is 3.56. The molecule has 3 nitrogen and oxygen atoms in total. The van der Waals surface area contributed by atoms with E-state index in [0.29, 0.717) is 4.88 Å². The van der Waals surface area contributed by atoms with E-state index in [2.05, 4.69) is 0 Å². The van der Waals surface area contributed by atoms with E-state index in [9.17, 15) is 4.79 Å². The summed E-state index contributed by atoms with van der Waals surface area (Å²) in [6, 6.07) is 1.74. The first-order valence-electron chi connectivity index (χ1n) is 4.59. The molecule has 1 N–H and O–H groups in total. The molecule has 1 aromatic rings. The number of aromatic carboxylic acids is 1. The monoisotopic (exact) mass is 212 g/mol. The molecule has 0 saturated carbocycles. The Hall–Kier alpha value is -0.870. The van der Waals surface area contributed by atoms with Crippen LogP contribution >= 0.6 is 11.3 Å². The van der Waals surface area contributed by atoms with Crippen LogP contribution < -0.4 is 0 Å². The highest BCUT2D eigenvalue weighted by molar-refractivity contribution is 7.14. The molecule has 0 fully saturated rings. The molecular formula is C10H12O3S. The van der Waals surface area contributed by atoms with Crippen molar-refractivity contribution in [3.8, 4) is 0 Å². The molecule has 14 heavy (non-hydrogen) atoms. The summed E-state index contributed by atoms with van der Waals surface area (Å²) < 4.78 is 5.62. The third-order valence-electron chi connectivity index (χ3n) is 2.40. The van der Waals surface area contributed by atoms with E-state index in [0.717, 1.165) is 16.9 Å². The fourth-order valence-electron chi connectivity index (χ4n) is 1.78. The maximum absolute atomic E-state index is 10.8. The number of rotatable bonds is 1. The van der Waals surface area contributed by atoms with Crippen molar-refractivity contribution in [1.29, 1.82) is 0 Å². The summed E-state index contributed by atoms with van der Waals surface area (Å²) in [5.74, 6) is -0.843. The smallest absolute Gasteiger partial charge is 0.345 e. The zero-order valence-electron chi connectivity index (χ0n) is 8.11. The van der Waals surface area contributed by atoms with Crippen LogP contribution in [0.5, 0.6) is 0 Å². The van der Waals surface area contributed by atoms with Gasteiger partial charge in [0, 0.05) is 11.3 Å². The first kappa shape index (κ1) is 9.68. The molecule has 0 amide bonds. The standard InChI is InChI=1S/C10H12O3S/c1-5-3-8-7(6(2)13-5)4-9(14-8)10(11)12/h4-6H,3H2,1-2H3,(H,11,12). The first-order chi connectivity index (χ1) is 6.58. The largest absolute Gasteiger partial charge is 0.477 e. The van der Waals surface area contributed by atoms with Gasteiger partial charge in [-0.25, -0.2) is 4.79 Å². The van der Waals surface area contributed by atoms with E-state index in [1.54, 1.807) is 6.07 Å². The van der Waals surface area contributed by atoms with E-state index in [4.69, 9.17) is 9.84 Å². The molecule has 2 unspecified atom stereocenters. The maximum atomic E-state index is 10.8. The minimum atomic E-state index is -0.843. The number of carboxylic acid groups (broad SMARTS) is 1. The average Bonchev–Trinajstić information content (AvgIpc) is 2.47. The normalized spacial score (nSPS) is 25.9. The Labute approximate surface area is 86.3 Å². The zero-order chi connectivity index (χ0) is 10.3. The van der Waals surface area contributed by atoms with E-state index in [1.165, 1.54) is 11.3 Å². The van der Waals surface area contributed by atoms with Gasteiger partial charge in [-0.2, -0.15) is 0 Å². The van der Waals surface area contributed by atoms with Crippen molar-refractivity contribution in [2.75, 3.05) is 0 Å². The summed E-state index contributed by atoms with van der Waals surface area (Å²) in [5, 5.41) is 8.86. The van der Waals surface area contributed by atoms with Gasteiger partial charge in [-0.05, 0) is 25.5 Å². The minimum absolute atomic E-state index is 0.0260. The summed E-state index contributed by atoms with van der Waals surface area (Å²) in [6.07, 6.45) is 1.05. The lowest BCUT2D eigenvalue weighted by Gasteiger charge is -2.25. The third kappa shape index (κ3) is 1.55. The number of fused-ring (bicyclic) bond motifs is 1. The lowest BCUT2D eigenvalue weighted by Crippen LogP contribution is -2.20. The van der Waals surface area contributed by atoms with Crippen LogP contribution in [0.2, 0.25) is 0 Å². The molecule has 1 aliphatic heterocycles. The molecule has 2 rings (SSSR count). The van der Waals surface area contributed by atoms with Gasteiger partial charge in [0.25, 0.3) is 0 Å². The second-order valence-corrected chi connectivity index (χ2v) is 4.72. The number of hydrogen-bond donors (Lipinski definition) is 1. The summed E-state index contributed by atoms with van der Waals surface area (Å²) in [7, 11) is 0. The molecule has 1 aliphatic rings. The Morgan fingerprint density at radius 3 is 3.00 bits per heavy atom. The highest BCUT2D eigenvalue weighted by atomic mass is 32.1. The Morgan fingerprint density at radius 2 is 2.36 bits per heavy atom. The second-order valence-electron chi connectivity index (χ2n) is 3.59. The van der Waals surface area contributed by atoms with Crippen molar-refractivity contribution < 1.29 is 14.6 Å². The summed E-state index contributed by atoms with van der Waals surface area (Å²) in [4.78, 5) is 12.4. The minimum Gasteiger partial charge on any atom is -0.477 e.